The van der Waals surface area contributed by atoms with Crippen molar-refractivity contribution in [2.45, 2.75) is 26.3 Å². The Kier molecular flexibility index (Phi) is 7.55. The molecule has 1 aromatic rings. The molecule has 1 aliphatic heterocycles. The Hall–Kier alpha value is -1.51. The summed E-state index contributed by atoms with van der Waals surface area (Å²) in [6.07, 6.45) is 3.05. The molecular weight excluding hydrogens is 357 g/mol. The molecule has 1 unspecified atom stereocenters. The molecule has 0 radical (unpaired) electrons. The number of likely N-dealkylation sites (N-methyl/N-ethyl adjacent to an activating group) is 1. The summed E-state index contributed by atoms with van der Waals surface area (Å²) in [6, 6.07) is 6.30. The molecule has 0 aromatic heterocycles. The van der Waals surface area contributed by atoms with Gasteiger partial charge < -0.3 is 4.90 Å². The van der Waals surface area contributed by atoms with Gasteiger partial charge in [0.25, 0.3) is 0 Å². The molecule has 146 valence electrons. The Morgan fingerprint density at radius 3 is 2.85 bits per heavy atom. The topological polar surface area (TPSA) is 69.7 Å². The average molecular weight is 386 g/mol. The van der Waals surface area contributed by atoms with Crippen molar-refractivity contribution in [3.05, 3.63) is 35.6 Å². The number of halogens is 1. The first kappa shape index (κ1) is 20.8. The molecule has 8 heteroatoms. The molecule has 1 aromatic carbocycles. The van der Waals surface area contributed by atoms with Gasteiger partial charge in [-0.2, -0.15) is 0 Å². The van der Waals surface area contributed by atoms with Gasteiger partial charge in [0.2, 0.25) is 15.9 Å². The SMILES string of the molecule is CCN(Cc1cccc(F)c1)C(=O)CN1CCCC(CNS(C)(=O)=O)C1. The van der Waals surface area contributed by atoms with E-state index in [1.165, 1.54) is 12.1 Å². The van der Waals surface area contributed by atoms with E-state index in [0.717, 1.165) is 31.2 Å². The Labute approximate surface area is 155 Å². The van der Waals surface area contributed by atoms with Gasteiger partial charge in [0.1, 0.15) is 5.82 Å². The fraction of sp³-hybridized carbons (Fsp3) is 0.611. The molecule has 1 amide bonds. The first-order valence-corrected chi connectivity index (χ1v) is 10.8. The van der Waals surface area contributed by atoms with Gasteiger partial charge in [0, 0.05) is 26.2 Å². The van der Waals surface area contributed by atoms with Crippen LogP contribution in [0.25, 0.3) is 0 Å². The summed E-state index contributed by atoms with van der Waals surface area (Å²) >= 11 is 0. The Balaban J connectivity index is 1.88. The molecule has 1 N–H and O–H groups in total. The maximum Gasteiger partial charge on any atom is 0.237 e. The number of hydrogen-bond acceptors (Lipinski definition) is 4. The average Bonchev–Trinajstić information content (AvgIpc) is 2.57. The van der Waals surface area contributed by atoms with Crippen molar-refractivity contribution in [2.24, 2.45) is 5.92 Å². The van der Waals surface area contributed by atoms with Crippen molar-refractivity contribution in [2.75, 3.05) is 39.0 Å². The number of amides is 1. The van der Waals surface area contributed by atoms with Gasteiger partial charge in [0.05, 0.1) is 12.8 Å². The predicted molar refractivity (Wildman–Crippen MR) is 99.5 cm³/mol. The Morgan fingerprint density at radius 2 is 2.19 bits per heavy atom. The van der Waals surface area contributed by atoms with Crippen LogP contribution in [0.4, 0.5) is 4.39 Å². The second-order valence-corrected chi connectivity index (χ2v) is 8.73. The molecule has 1 atom stereocenters. The van der Waals surface area contributed by atoms with E-state index in [-0.39, 0.29) is 17.6 Å². The van der Waals surface area contributed by atoms with E-state index < -0.39 is 10.0 Å². The summed E-state index contributed by atoms with van der Waals surface area (Å²) in [4.78, 5) is 16.4. The van der Waals surface area contributed by atoms with E-state index >= 15 is 0 Å². The second kappa shape index (κ2) is 9.43. The smallest absolute Gasteiger partial charge is 0.237 e. The highest BCUT2D eigenvalue weighted by atomic mass is 32.2. The number of nitrogens with zero attached hydrogens (tertiary/aromatic N) is 2. The molecule has 1 aliphatic rings. The first-order chi connectivity index (χ1) is 12.3. The van der Waals surface area contributed by atoms with Gasteiger partial charge in [-0.3, -0.25) is 9.69 Å². The number of hydrogen-bond donors (Lipinski definition) is 1. The van der Waals surface area contributed by atoms with Crippen LogP contribution >= 0.6 is 0 Å². The Bertz CT molecular complexity index is 711. The number of piperidine rings is 1. The zero-order chi connectivity index (χ0) is 19.2. The maximum absolute atomic E-state index is 13.3. The standard InChI is InChI=1S/C18H28FN3O3S/c1-3-22(13-15-6-4-8-17(19)10-15)18(23)14-21-9-5-7-16(12-21)11-20-26(2,24)25/h4,6,8,10,16,20H,3,5,7,9,11-14H2,1-2H3. The van der Waals surface area contributed by atoms with Crippen LogP contribution in [-0.2, 0) is 21.4 Å². The van der Waals surface area contributed by atoms with Crippen molar-refractivity contribution < 1.29 is 17.6 Å². The van der Waals surface area contributed by atoms with E-state index in [2.05, 4.69) is 9.62 Å². The lowest BCUT2D eigenvalue weighted by molar-refractivity contribution is -0.133. The molecule has 2 rings (SSSR count). The van der Waals surface area contributed by atoms with Crippen molar-refractivity contribution >= 4 is 15.9 Å². The van der Waals surface area contributed by atoms with Crippen LogP contribution < -0.4 is 4.72 Å². The molecule has 0 saturated carbocycles. The lowest BCUT2D eigenvalue weighted by Crippen LogP contribution is -2.46. The van der Waals surface area contributed by atoms with Crippen LogP contribution in [0.1, 0.15) is 25.3 Å². The number of sulfonamides is 1. The van der Waals surface area contributed by atoms with Crippen molar-refractivity contribution in [3.8, 4) is 0 Å². The fourth-order valence-corrected chi connectivity index (χ4v) is 3.79. The highest BCUT2D eigenvalue weighted by Gasteiger charge is 2.24. The van der Waals surface area contributed by atoms with Crippen LogP contribution in [0, 0.1) is 11.7 Å². The summed E-state index contributed by atoms with van der Waals surface area (Å²) in [5.74, 6) is -0.0821. The van der Waals surface area contributed by atoms with Crippen LogP contribution in [0.3, 0.4) is 0 Å². The van der Waals surface area contributed by atoms with E-state index in [4.69, 9.17) is 0 Å². The van der Waals surface area contributed by atoms with Crippen LogP contribution in [0.5, 0.6) is 0 Å². The van der Waals surface area contributed by atoms with Gasteiger partial charge in [-0.05, 0) is 49.9 Å². The zero-order valence-corrected chi connectivity index (χ0v) is 16.3. The molecular formula is C18H28FN3O3S. The second-order valence-electron chi connectivity index (χ2n) is 6.90. The van der Waals surface area contributed by atoms with E-state index in [1.807, 2.05) is 13.0 Å². The molecule has 6 nitrogen and oxygen atoms in total. The van der Waals surface area contributed by atoms with E-state index in [9.17, 15) is 17.6 Å². The minimum Gasteiger partial charge on any atom is -0.338 e. The lowest BCUT2D eigenvalue weighted by Gasteiger charge is -2.33. The van der Waals surface area contributed by atoms with Crippen LogP contribution in [-0.4, -0.2) is 63.1 Å². The molecule has 0 spiro atoms. The van der Waals surface area contributed by atoms with Gasteiger partial charge in [-0.1, -0.05) is 12.1 Å². The molecule has 1 fully saturated rings. The molecule has 26 heavy (non-hydrogen) atoms. The molecule has 1 saturated heterocycles. The highest BCUT2D eigenvalue weighted by molar-refractivity contribution is 7.88. The van der Waals surface area contributed by atoms with Gasteiger partial charge in [-0.15, -0.1) is 0 Å². The van der Waals surface area contributed by atoms with E-state index in [1.54, 1.807) is 11.0 Å². The number of likely N-dealkylation sites (tertiary alicyclic amines) is 1. The molecule has 0 bridgehead atoms. The van der Waals surface area contributed by atoms with Crippen LogP contribution in [0.2, 0.25) is 0 Å². The highest BCUT2D eigenvalue weighted by Crippen LogP contribution is 2.16. The van der Waals surface area contributed by atoms with Crippen molar-refractivity contribution in [1.29, 1.82) is 0 Å². The number of carbonyl (C=O) groups excluding carboxylic acids is 1. The predicted octanol–water partition coefficient (Wildman–Crippen LogP) is 1.44. The quantitative estimate of drug-likeness (QED) is 0.735. The van der Waals surface area contributed by atoms with Gasteiger partial charge in [-0.25, -0.2) is 17.5 Å². The summed E-state index contributed by atoms with van der Waals surface area (Å²) in [5.41, 5.74) is 0.772. The normalized spacial score (nSPS) is 18.7. The third kappa shape index (κ3) is 7.01. The monoisotopic (exact) mass is 385 g/mol. The van der Waals surface area contributed by atoms with Crippen LogP contribution in [0.15, 0.2) is 24.3 Å². The first-order valence-electron chi connectivity index (χ1n) is 8.96. The minimum absolute atomic E-state index is 0.00786. The maximum atomic E-state index is 13.3. The molecule has 1 heterocycles. The lowest BCUT2D eigenvalue weighted by atomic mass is 9.98. The molecule has 0 aliphatic carbocycles. The fourth-order valence-electron chi connectivity index (χ4n) is 3.25. The third-order valence-corrected chi connectivity index (χ3v) is 5.28. The third-order valence-electron chi connectivity index (χ3n) is 4.59. The summed E-state index contributed by atoms with van der Waals surface area (Å²) in [5, 5.41) is 0. The number of rotatable bonds is 8. The van der Waals surface area contributed by atoms with Crippen molar-refractivity contribution in [1.82, 2.24) is 14.5 Å². The van der Waals surface area contributed by atoms with Crippen molar-refractivity contribution in [3.63, 3.8) is 0 Å². The number of benzene rings is 1. The Morgan fingerprint density at radius 1 is 1.42 bits per heavy atom. The zero-order valence-electron chi connectivity index (χ0n) is 15.4. The van der Waals surface area contributed by atoms with Gasteiger partial charge >= 0.3 is 0 Å². The number of nitrogens with one attached hydrogen (secondary N) is 1. The number of carbonyl (C=O) groups is 1. The van der Waals surface area contributed by atoms with E-state index in [0.29, 0.717) is 32.7 Å². The summed E-state index contributed by atoms with van der Waals surface area (Å²) in [6.45, 7) is 5.10. The summed E-state index contributed by atoms with van der Waals surface area (Å²) < 4.78 is 38.4. The minimum atomic E-state index is -3.19. The van der Waals surface area contributed by atoms with Gasteiger partial charge in [0.15, 0.2) is 0 Å². The summed E-state index contributed by atoms with van der Waals surface area (Å²) in [7, 11) is -3.19. The largest absolute Gasteiger partial charge is 0.338 e.